The summed E-state index contributed by atoms with van der Waals surface area (Å²) >= 11 is 0. The highest BCUT2D eigenvalue weighted by Crippen LogP contribution is 2.49. The van der Waals surface area contributed by atoms with E-state index in [1.54, 1.807) is 0 Å². The van der Waals surface area contributed by atoms with Gasteiger partial charge in [0.25, 0.3) is 0 Å². The zero-order chi connectivity index (χ0) is 21.5. The Labute approximate surface area is 182 Å². The van der Waals surface area contributed by atoms with Gasteiger partial charge in [-0.05, 0) is 19.3 Å². The molecule has 0 aliphatic rings. The van der Waals surface area contributed by atoms with Crippen molar-refractivity contribution in [2.45, 2.75) is 136 Å². The molecule has 29 heavy (non-hydrogen) atoms. The Morgan fingerprint density at radius 2 is 0.690 bits per heavy atom. The van der Waals surface area contributed by atoms with E-state index in [4.69, 9.17) is 13.6 Å². The highest BCUT2D eigenvalue weighted by atomic mass is 31.2. The van der Waals surface area contributed by atoms with E-state index in [1.165, 1.54) is 77.0 Å². The Kier molecular flexibility index (Phi) is 22.9. The van der Waals surface area contributed by atoms with Gasteiger partial charge in [-0.25, -0.2) is 4.57 Å². The van der Waals surface area contributed by atoms with E-state index in [0.717, 1.165) is 38.5 Å². The van der Waals surface area contributed by atoms with Crippen LogP contribution in [0.5, 0.6) is 0 Å². The Morgan fingerprint density at radius 3 is 1.03 bits per heavy atom. The van der Waals surface area contributed by atoms with Crippen molar-refractivity contribution >= 4 is 7.82 Å². The first kappa shape index (κ1) is 29.1. The molecule has 5 heteroatoms. The summed E-state index contributed by atoms with van der Waals surface area (Å²) in [7, 11) is -3.37. The first-order valence-electron chi connectivity index (χ1n) is 12.7. The van der Waals surface area contributed by atoms with Crippen LogP contribution in [0.25, 0.3) is 0 Å². The van der Waals surface area contributed by atoms with E-state index >= 15 is 0 Å². The summed E-state index contributed by atoms with van der Waals surface area (Å²) in [6.07, 6.45) is 22.3. The molecule has 0 fully saturated rings. The van der Waals surface area contributed by atoms with Crippen LogP contribution in [0.2, 0.25) is 0 Å². The second kappa shape index (κ2) is 22.8. The number of hydrogen-bond acceptors (Lipinski definition) is 4. The molecule has 0 bridgehead atoms. The third kappa shape index (κ3) is 21.1. The lowest BCUT2D eigenvalue weighted by Crippen LogP contribution is -2.04. The molecule has 0 radical (unpaired) electrons. The fourth-order valence-corrected chi connectivity index (χ4v) is 4.51. The number of hydrogen-bond donors (Lipinski definition) is 0. The smallest absolute Gasteiger partial charge is 0.287 e. The Hall–Kier alpha value is 0.110. The van der Waals surface area contributed by atoms with E-state index in [9.17, 15) is 4.57 Å². The molecule has 0 amide bonds. The zero-order valence-electron chi connectivity index (χ0n) is 19.9. The highest BCUT2D eigenvalue weighted by molar-refractivity contribution is 7.48. The Balaban J connectivity index is 3.55. The van der Waals surface area contributed by atoms with E-state index in [1.807, 2.05) is 0 Å². The van der Waals surface area contributed by atoms with Crippen molar-refractivity contribution in [2.75, 3.05) is 19.8 Å². The summed E-state index contributed by atoms with van der Waals surface area (Å²) in [5.74, 6) is 0. The maximum atomic E-state index is 12.6. The van der Waals surface area contributed by atoms with Crippen LogP contribution in [0, 0.1) is 0 Å². The summed E-state index contributed by atoms with van der Waals surface area (Å²) in [6.45, 7) is 7.80. The van der Waals surface area contributed by atoms with Gasteiger partial charge in [0.1, 0.15) is 0 Å². The average molecular weight is 435 g/mol. The van der Waals surface area contributed by atoms with Gasteiger partial charge in [-0.1, -0.05) is 117 Å². The molecule has 0 heterocycles. The first-order chi connectivity index (χ1) is 14.2. The molecule has 0 aromatic heterocycles. The van der Waals surface area contributed by atoms with Crippen molar-refractivity contribution in [3.63, 3.8) is 0 Å². The maximum Gasteiger partial charge on any atom is 0.474 e. The zero-order valence-corrected chi connectivity index (χ0v) is 20.8. The lowest BCUT2D eigenvalue weighted by atomic mass is 10.0. The second-order valence-electron chi connectivity index (χ2n) is 8.25. The molecule has 0 aromatic carbocycles. The van der Waals surface area contributed by atoms with Crippen LogP contribution >= 0.6 is 7.82 Å². The quantitative estimate of drug-likeness (QED) is 0.112. The molecule has 0 unspecified atom stereocenters. The van der Waals surface area contributed by atoms with Gasteiger partial charge >= 0.3 is 7.82 Å². The fourth-order valence-electron chi connectivity index (χ4n) is 3.23. The van der Waals surface area contributed by atoms with Gasteiger partial charge in [0, 0.05) is 0 Å². The predicted molar refractivity (Wildman–Crippen MR) is 126 cm³/mol. The van der Waals surface area contributed by atoms with Gasteiger partial charge in [0.2, 0.25) is 0 Å². The Bertz CT molecular complexity index is 349. The standard InChI is InChI=1S/C24H51O4P/c1-4-7-10-11-12-13-14-15-16-17-18-19-20-21-24-28-29(25,26-22-8-5-2)27-23-9-6-3/h4-24H2,1-3H3. The topological polar surface area (TPSA) is 44.8 Å². The van der Waals surface area contributed by atoms with E-state index < -0.39 is 7.82 Å². The lowest BCUT2D eigenvalue weighted by Gasteiger charge is -2.18. The van der Waals surface area contributed by atoms with Crippen molar-refractivity contribution in [1.29, 1.82) is 0 Å². The van der Waals surface area contributed by atoms with Gasteiger partial charge in [0.15, 0.2) is 0 Å². The minimum atomic E-state index is -3.37. The Morgan fingerprint density at radius 1 is 0.414 bits per heavy atom. The van der Waals surface area contributed by atoms with Crippen LogP contribution in [0.3, 0.4) is 0 Å². The molecule has 0 aliphatic carbocycles. The van der Waals surface area contributed by atoms with Crippen molar-refractivity contribution in [3.05, 3.63) is 0 Å². The molecular formula is C24H51O4P. The first-order valence-corrected chi connectivity index (χ1v) is 14.2. The second-order valence-corrected chi connectivity index (χ2v) is 9.92. The van der Waals surface area contributed by atoms with Crippen LogP contribution < -0.4 is 0 Å². The van der Waals surface area contributed by atoms with Crippen LogP contribution in [0.15, 0.2) is 0 Å². The minimum Gasteiger partial charge on any atom is -0.287 e. The molecule has 176 valence electrons. The third-order valence-electron chi connectivity index (χ3n) is 5.24. The SMILES string of the molecule is CCCCCCCCCCCCCCCCOP(=O)(OCCCC)OCCCC. The maximum absolute atomic E-state index is 12.6. The van der Waals surface area contributed by atoms with Gasteiger partial charge in [-0.2, -0.15) is 0 Å². The molecule has 0 rings (SSSR count). The fraction of sp³-hybridized carbons (Fsp3) is 1.00. The molecule has 0 N–H and O–H groups in total. The summed E-state index contributed by atoms with van der Waals surface area (Å²) < 4.78 is 29.1. The van der Waals surface area contributed by atoms with Crippen LogP contribution in [0.1, 0.15) is 136 Å². The van der Waals surface area contributed by atoms with Crippen molar-refractivity contribution < 1.29 is 18.1 Å². The third-order valence-corrected chi connectivity index (χ3v) is 6.74. The van der Waals surface area contributed by atoms with Gasteiger partial charge in [-0.15, -0.1) is 0 Å². The monoisotopic (exact) mass is 434 g/mol. The predicted octanol–water partition coefficient (Wildman–Crippen LogP) is 9.23. The van der Waals surface area contributed by atoms with Gasteiger partial charge in [0.05, 0.1) is 19.8 Å². The number of rotatable bonds is 24. The molecule has 0 aromatic rings. The van der Waals surface area contributed by atoms with Crippen molar-refractivity contribution in [3.8, 4) is 0 Å². The molecule has 4 nitrogen and oxygen atoms in total. The van der Waals surface area contributed by atoms with Gasteiger partial charge in [-0.3, -0.25) is 13.6 Å². The normalized spacial score (nSPS) is 12.0. The van der Waals surface area contributed by atoms with E-state index in [0.29, 0.717) is 19.8 Å². The largest absolute Gasteiger partial charge is 0.474 e. The number of unbranched alkanes of at least 4 members (excludes halogenated alkanes) is 15. The molecule has 0 spiro atoms. The number of phosphoric ester groups is 1. The molecule has 0 saturated carbocycles. The summed E-state index contributed by atoms with van der Waals surface area (Å²) in [6, 6.07) is 0. The van der Waals surface area contributed by atoms with E-state index in [-0.39, 0.29) is 0 Å². The minimum absolute atomic E-state index is 0.443. The summed E-state index contributed by atoms with van der Waals surface area (Å²) in [5.41, 5.74) is 0. The average Bonchev–Trinajstić information content (AvgIpc) is 2.71. The van der Waals surface area contributed by atoms with Crippen LogP contribution in [-0.2, 0) is 18.1 Å². The van der Waals surface area contributed by atoms with Crippen molar-refractivity contribution in [2.24, 2.45) is 0 Å². The summed E-state index contributed by atoms with van der Waals surface area (Å²) in [4.78, 5) is 0. The molecule has 0 atom stereocenters. The van der Waals surface area contributed by atoms with Crippen LogP contribution in [0.4, 0.5) is 0 Å². The van der Waals surface area contributed by atoms with Crippen LogP contribution in [-0.4, -0.2) is 19.8 Å². The van der Waals surface area contributed by atoms with Gasteiger partial charge < -0.3 is 0 Å². The molecule has 0 saturated heterocycles. The highest BCUT2D eigenvalue weighted by Gasteiger charge is 2.25. The molecular weight excluding hydrogens is 383 g/mol. The number of phosphoric acid groups is 1. The van der Waals surface area contributed by atoms with Crippen molar-refractivity contribution in [1.82, 2.24) is 0 Å². The summed E-state index contributed by atoms with van der Waals surface area (Å²) in [5, 5.41) is 0. The lowest BCUT2D eigenvalue weighted by molar-refractivity contribution is 0.109. The molecule has 0 aliphatic heterocycles. The van der Waals surface area contributed by atoms with E-state index in [2.05, 4.69) is 20.8 Å².